The average molecular weight is 369 g/mol. The predicted octanol–water partition coefficient (Wildman–Crippen LogP) is 4.98. The third kappa shape index (κ3) is 3.81. The first-order valence-corrected chi connectivity index (χ1v) is 7.45. The summed E-state index contributed by atoms with van der Waals surface area (Å²) in [6.07, 6.45) is -5.24. The predicted molar refractivity (Wildman–Crippen MR) is 85.3 cm³/mol. The van der Waals surface area contributed by atoms with Crippen LogP contribution in [0.4, 0.5) is 33.3 Å². The van der Waals surface area contributed by atoms with Gasteiger partial charge in [-0.3, -0.25) is 0 Å². The maximum absolute atomic E-state index is 13.7. The molecular formula is C17H12F5N3O. The van der Waals surface area contributed by atoms with E-state index in [1.54, 1.807) is 0 Å². The maximum Gasteiger partial charge on any atom is 0.425 e. The van der Waals surface area contributed by atoms with Gasteiger partial charge in [0.15, 0.2) is 6.10 Å². The quantitative estimate of drug-likeness (QED) is 0.659. The molecule has 136 valence electrons. The first-order valence-electron chi connectivity index (χ1n) is 7.45. The fraction of sp³-hybridized carbons (Fsp3) is 0.176. The summed E-state index contributed by atoms with van der Waals surface area (Å²) in [4.78, 5) is 0. The monoisotopic (exact) mass is 369 g/mol. The summed E-state index contributed by atoms with van der Waals surface area (Å²) in [5.74, 6) is -1.74. The van der Waals surface area contributed by atoms with Crippen LogP contribution in [0, 0.1) is 11.6 Å². The van der Waals surface area contributed by atoms with E-state index in [-0.39, 0.29) is 11.6 Å². The number of alkyl halides is 3. The van der Waals surface area contributed by atoms with Crippen molar-refractivity contribution < 1.29 is 26.7 Å². The highest BCUT2D eigenvalue weighted by Crippen LogP contribution is 2.30. The number of aromatic nitrogens is 2. The largest absolute Gasteiger partial charge is 0.463 e. The second-order valence-electron chi connectivity index (χ2n) is 5.50. The lowest BCUT2D eigenvalue weighted by Crippen LogP contribution is -2.31. The zero-order chi connectivity index (χ0) is 18.9. The molecule has 0 aliphatic rings. The van der Waals surface area contributed by atoms with Crippen LogP contribution in [0.15, 0.2) is 42.6 Å². The highest BCUT2D eigenvalue weighted by atomic mass is 19.4. The number of ether oxygens (including phenoxy) is 1. The minimum absolute atomic E-state index is 0.0509. The number of hydrogen-bond acceptors (Lipinski definition) is 4. The van der Waals surface area contributed by atoms with Gasteiger partial charge in [0.2, 0.25) is 5.88 Å². The third-order valence-electron chi connectivity index (χ3n) is 3.59. The molecular weight excluding hydrogens is 357 g/mol. The molecule has 9 heteroatoms. The highest BCUT2D eigenvalue weighted by Gasteiger charge is 2.38. The summed E-state index contributed by atoms with van der Waals surface area (Å²) in [5, 5.41) is 10.8. The number of nitrogens with zero attached hydrogens (tertiary/aromatic N) is 2. The van der Waals surface area contributed by atoms with Gasteiger partial charge in [-0.1, -0.05) is 0 Å². The van der Waals surface area contributed by atoms with Crippen molar-refractivity contribution in [1.82, 2.24) is 10.2 Å². The van der Waals surface area contributed by atoms with E-state index in [9.17, 15) is 22.0 Å². The van der Waals surface area contributed by atoms with Crippen molar-refractivity contribution in [2.24, 2.45) is 0 Å². The van der Waals surface area contributed by atoms with E-state index in [2.05, 4.69) is 15.5 Å². The summed E-state index contributed by atoms with van der Waals surface area (Å²) >= 11 is 0. The first kappa shape index (κ1) is 17.8. The lowest BCUT2D eigenvalue weighted by atomic mass is 10.1. The van der Waals surface area contributed by atoms with Gasteiger partial charge in [-0.2, -0.15) is 18.3 Å². The smallest absolute Gasteiger partial charge is 0.425 e. The minimum Gasteiger partial charge on any atom is -0.463 e. The second-order valence-corrected chi connectivity index (χ2v) is 5.50. The SMILES string of the molecule is CC(Oc1nncc2cc(Nc3ccc(F)cc3F)ccc12)C(F)(F)F. The molecule has 1 heterocycles. The van der Waals surface area contributed by atoms with E-state index in [0.717, 1.165) is 19.1 Å². The van der Waals surface area contributed by atoms with Gasteiger partial charge in [0, 0.05) is 22.5 Å². The van der Waals surface area contributed by atoms with E-state index in [0.29, 0.717) is 16.5 Å². The van der Waals surface area contributed by atoms with Gasteiger partial charge in [-0.15, -0.1) is 5.10 Å². The molecule has 0 saturated heterocycles. The van der Waals surface area contributed by atoms with Gasteiger partial charge in [0.1, 0.15) is 11.6 Å². The fourth-order valence-electron chi connectivity index (χ4n) is 2.21. The lowest BCUT2D eigenvalue weighted by molar-refractivity contribution is -0.189. The zero-order valence-corrected chi connectivity index (χ0v) is 13.3. The molecule has 0 spiro atoms. The molecule has 1 unspecified atom stereocenters. The van der Waals surface area contributed by atoms with Gasteiger partial charge in [-0.05, 0) is 37.3 Å². The summed E-state index contributed by atoms with van der Waals surface area (Å²) in [6.45, 7) is 0.869. The Bertz CT molecular complexity index is 945. The van der Waals surface area contributed by atoms with Crippen molar-refractivity contribution in [3.8, 4) is 5.88 Å². The Balaban J connectivity index is 1.90. The number of rotatable bonds is 4. The topological polar surface area (TPSA) is 47.0 Å². The highest BCUT2D eigenvalue weighted by molar-refractivity contribution is 5.89. The fourth-order valence-corrected chi connectivity index (χ4v) is 2.21. The molecule has 0 amide bonds. The summed E-state index contributed by atoms with van der Waals surface area (Å²) in [6, 6.07) is 7.60. The van der Waals surface area contributed by atoms with Crippen LogP contribution in [-0.2, 0) is 0 Å². The van der Waals surface area contributed by atoms with Crippen LogP contribution in [-0.4, -0.2) is 22.5 Å². The summed E-state index contributed by atoms with van der Waals surface area (Å²) < 4.78 is 69.5. The number of nitrogens with one attached hydrogen (secondary N) is 1. The van der Waals surface area contributed by atoms with Crippen LogP contribution in [0.3, 0.4) is 0 Å². The van der Waals surface area contributed by atoms with Crippen LogP contribution in [0.2, 0.25) is 0 Å². The van der Waals surface area contributed by atoms with Crippen molar-refractivity contribution in [2.75, 3.05) is 5.32 Å². The van der Waals surface area contributed by atoms with E-state index >= 15 is 0 Å². The molecule has 0 fully saturated rings. The third-order valence-corrected chi connectivity index (χ3v) is 3.59. The molecule has 4 nitrogen and oxygen atoms in total. The Labute approximate surface area is 144 Å². The zero-order valence-electron chi connectivity index (χ0n) is 13.3. The molecule has 26 heavy (non-hydrogen) atoms. The van der Waals surface area contributed by atoms with Crippen molar-refractivity contribution in [3.05, 3.63) is 54.2 Å². The molecule has 3 aromatic rings. The standard InChI is InChI=1S/C17H12F5N3O/c1-9(17(20,21)22)26-16-13-4-3-12(6-10(13)8-23-25-16)24-15-5-2-11(18)7-14(15)19/h2-9,24H,1H3. The van der Waals surface area contributed by atoms with E-state index in [1.807, 2.05) is 0 Å². The molecule has 1 aromatic heterocycles. The maximum atomic E-state index is 13.7. The number of fused-ring (bicyclic) bond motifs is 1. The number of halogens is 5. The number of anilines is 2. The molecule has 0 bridgehead atoms. The normalized spacial score (nSPS) is 12.8. The van der Waals surface area contributed by atoms with Crippen molar-refractivity contribution in [1.29, 1.82) is 0 Å². The van der Waals surface area contributed by atoms with Gasteiger partial charge < -0.3 is 10.1 Å². The Morgan fingerprint density at radius 3 is 2.54 bits per heavy atom. The molecule has 3 rings (SSSR count). The van der Waals surface area contributed by atoms with Gasteiger partial charge >= 0.3 is 6.18 Å². The van der Waals surface area contributed by atoms with Crippen molar-refractivity contribution >= 4 is 22.1 Å². The van der Waals surface area contributed by atoms with Crippen LogP contribution >= 0.6 is 0 Å². The van der Waals surface area contributed by atoms with Gasteiger partial charge in [-0.25, -0.2) is 8.78 Å². The molecule has 0 radical (unpaired) electrons. The summed E-state index contributed by atoms with van der Waals surface area (Å²) in [5.41, 5.74) is 0.487. The van der Waals surface area contributed by atoms with Gasteiger partial charge in [0.25, 0.3) is 0 Å². The van der Waals surface area contributed by atoms with E-state index < -0.39 is 23.9 Å². The Morgan fingerprint density at radius 2 is 1.85 bits per heavy atom. The molecule has 1 N–H and O–H groups in total. The second kappa shape index (κ2) is 6.74. The number of benzene rings is 2. The van der Waals surface area contributed by atoms with E-state index in [4.69, 9.17) is 4.74 Å². The van der Waals surface area contributed by atoms with Crippen LogP contribution in [0.1, 0.15) is 6.92 Å². The molecule has 1 atom stereocenters. The lowest BCUT2D eigenvalue weighted by Gasteiger charge is -2.17. The summed E-state index contributed by atoms with van der Waals surface area (Å²) in [7, 11) is 0. The average Bonchev–Trinajstić information content (AvgIpc) is 2.56. The van der Waals surface area contributed by atoms with Crippen LogP contribution < -0.4 is 10.1 Å². The first-order chi connectivity index (χ1) is 12.2. The van der Waals surface area contributed by atoms with Crippen molar-refractivity contribution in [2.45, 2.75) is 19.2 Å². The van der Waals surface area contributed by atoms with Crippen LogP contribution in [0.25, 0.3) is 10.8 Å². The molecule has 0 saturated carbocycles. The molecule has 0 aliphatic carbocycles. The minimum atomic E-state index is -4.54. The van der Waals surface area contributed by atoms with E-state index in [1.165, 1.54) is 30.5 Å². The van der Waals surface area contributed by atoms with Gasteiger partial charge in [0.05, 0.1) is 11.9 Å². The Morgan fingerprint density at radius 1 is 1.08 bits per heavy atom. The van der Waals surface area contributed by atoms with Crippen LogP contribution in [0.5, 0.6) is 5.88 Å². The Hall–Kier alpha value is -2.97. The molecule has 0 aliphatic heterocycles. The molecule has 2 aromatic carbocycles. The Kier molecular flexibility index (Phi) is 4.62. The van der Waals surface area contributed by atoms with Crippen molar-refractivity contribution in [3.63, 3.8) is 0 Å². The number of hydrogen-bond donors (Lipinski definition) is 1.